The molecule has 94 valence electrons. The third-order valence-corrected chi connectivity index (χ3v) is 4.43. The normalized spacial score (nSPS) is 12.0. The molecule has 0 atom stereocenters. The van der Waals surface area contributed by atoms with Crippen molar-refractivity contribution in [3.05, 3.63) is 22.2 Å². The first kappa shape index (κ1) is 17.9. The Morgan fingerprint density at radius 1 is 0.941 bits per heavy atom. The second-order valence-electron chi connectivity index (χ2n) is 2.64. The maximum absolute atomic E-state index is 10.9. The van der Waals surface area contributed by atoms with E-state index in [1.54, 1.807) is 0 Å². The molecule has 17 heavy (non-hydrogen) atoms. The van der Waals surface area contributed by atoms with Gasteiger partial charge in [0.15, 0.2) is 0 Å². The SMILES string of the molecule is O=S(=O)(O)c1ccc(Cl)c(Cl)c1S(=O)(=O)O.[CaH2]. The van der Waals surface area contributed by atoms with Crippen LogP contribution in [0.15, 0.2) is 21.9 Å². The fraction of sp³-hybridized carbons (Fsp3) is 0. The van der Waals surface area contributed by atoms with Crippen LogP contribution in [0.3, 0.4) is 0 Å². The number of hydrogen-bond donors (Lipinski definition) is 2. The first-order valence-electron chi connectivity index (χ1n) is 3.48. The van der Waals surface area contributed by atoms with Gasteiger partial charge in [0.25, 0.3) is 20.2 Å². The van der Waals surface area contributed by atoms with E-state index in [0.717, 1.165) is 6.07 Å². The molecule has 0 unspecified atom stereocenters. The Morgan fingerprint density at radius 3 is 1.76 bits per heavy atom. The van der Waals surface area contributed by atoms with Gasteiger partial charge in [-0.05, 0) is 12.1 Å². The summed E-state index contributed by atoms with van der Waals surface area (Å²) >= 11 is 10.9. The molecule has 0 aliphatic heterocycles. The topological polar surface area (TPSA) is 109 Å². The number of hydrogen-bond acceptors (Lipinski definition) is 4. The standard InChI is InChI=1S/C6H4Cl2O6S2.Ca.2H/c7-3-1-2-4(15(9,10)11)6(5(3)8)16(12,13)14;;;/h1-2H,(H,9,10,11)(H,12,13,14);;;. The van der Waals surface area contributed by atoms with E-state index in [1.165, 1.54) is 0 Å². The maximum atomic E-state index is 10.9. The Bertz CT molecular complexity index is 639. The fourth-order valence-electron chi connectivity index (χ4n) is 0.958. The average Bonchev–Trinajstić information content (AvgIpc) is 2.05. The van der Waals surface area contributed by atoms with E-state index >= 15 is 0 Å². The van der Waals surface area contributed by atoms with Crippen LogP contribution < -0.4 is 0 Å². The van der Waals surface area contributed by atoms with Crippen molar-refractivity contribution < 1.29 is 25.9 Å². The van der Waals surface area contributed by atoms with Crippen molar-refractivity contribution in [2.45, 2.75) is 9.79 Å². The third-order valence-electron chi connectivity index (χ3n) is 1.55. The van der Waals surface area contributed by atoms with Gasteiger partial charge in [-0.25, -0.2) is 0 Å². The van der Waals surface area contributed by atoms with Crippen LogP contribution in [0, 0.1) is 0 Å². The van der Waals surface area contributed by atoms with Crippen molar-refractivity contribution in [3.8, 4) is 0 Å². The Hall–Kier alpha value is 0.880. The summed E-state index contributed by atoms with van der Waals surface area (Å²) < 4.78 is 61.0. The van der Waals surface area contributed by atoms with E-state index in [0.29, 0.717) is 6.07 Å². The average molecular weight is 349 g/mol. The molecule has 0 saturated carbocycles. The van der Waals surface area contributed by atoms with Gasteiger partial charge in [-0.15, -0.1) is 0 Å². The van der Waals surface area contributed by atoms with E-state index in [9.17, 15) is 16.8 Å². The summed E-state index contributed by atoms with van der Waals surface area (Å²) in [5.41, 5.74) is 0. The van der Waals surface area contributed by atoms with Crippen LogP contribution in [0.25, 0.3) is 0 Å². The monoisotopic (exact) mass is 348 g/mol. The summed E-state index contributed by atoms with van der Waals surface area (Å²) in [4.78, 5) is -2.19. The molecule has 0 amide bonds. The van der Waals surface area contributed by atoms with Crippen LogP contribution in [-0.4, -0.2) is 63.7 Å². The van der Waals surface area contributed by atoms with E-state index in [2.05, 4.69) is 0 Å². The van der Waals surface area contributed by atoms with Gasteiger partial charge in [0, 0.05) is 0 Å². The van der Waals surface area contributed by atoms with Crippen LogP contribution in [0.4, 0.5) is 0 Å². The zero-order chi connectivity index (χ0) is 12.7. The van der Waals surface area contributed by atoms with Crippen molar-refractivity contribution in [2.75, 3.05) is 0 Å². The van der Waals surface area contributed by atoms with E-state index in [4.69, 9.17) is 32.3 Å². The second-order valence-corrected chi connectivity index (χ2v) is 6.17. The van der Waals surface area contributed by atoms with Gasteiger partial charge in [0.05, 0.1) is 10.0 Å². The molecular formula is C6H6CaCl2O6S2. The Labute approximate surface area is 137 Å². The van der Waals surface area contributed by atoms with Crippen molar-refractivity contribution in [1.29, 1.82) is 0 Å². The Balaban J connectivity index is 0.00000256. The van der Waals surface area contributed by atoms with Gasteiger partial charge in [0.2, 0.25) is 0 Å². The van der Waals surface area contributed by atoms with Gasteiger partial charge >= 0.3 is 37.7 Å². The molecular weight excluding hydrogens is 343 g/mol. The summed E-state index contributed by atoms with van der Waals surface area (Å²) in [6.45, 7) is 0. The summed E-state index contributed by atoms with van der Waals surface area (Å²) in [7, 11) is -9.76. The minimum atomic E-state index is -4.93. The van der Waals surface area contributed by atoms with E-state index in [1.807, 2.05) is 0 Å². The molecule has 1 aromatic carbocycles. The van der Waals surface area contributed by atoms with Crippen molar-refractivity contribution in [3.63, 3.8) is 0 Å². The zero-order valence-corrected chi connectivity index (χ0v) is 10.4. The van der Waals surface area contributed by atoms with Crippen molar-refractivity contribution in [1.82, 2.24) is 0 Å². The summed E-state index contributed by atoms with van der Waals surface area (Å²) in [5, 5.41) is -0.957. The van der Waals surface area contributed by atoms with Gasteiger partial charge in [-0.2, -0.15) is 16.8 Å². The molecule has 2 N–H and O–H groups in total. The predicted octanol–water partition coefficient (Wildman–Crippen LogP) is 0.571. The number of benzene rings is 1. The first-order valence-corrected chi connectivity index (χ1v) is 7.11. The van der Waals surface area contributed by atoms with Crippen LogP contribution in [0.5, 0.6) is 0 Å². The van der Waals surface area contributed by atoms with Crippen LogP contribution in [-0.2, 0) is 20.2 Å². The molecule has 1 rings (SSSR count). The zero-order valence-electron chi connectivity index (χ0n) is 7.25. The Morgan fingerprint density at radius 2 is 1.41 bits per heavy atom. The molecule has 0 aliphatic carbocycles. The predicted molar refractivity (Wildman–Crippen MR) is 64.6 cm³/mol. The van der Waals surface area contributed by atoms with Crippen LogP contribution in [0.2, 0.25) is 10.0 Å². The van der Waals surface area contributed by atoms with Crippen molar-refractivity contribution >= 4 is 81.2 Å². The number of halogens is 2. The molecule has 0 aromatic heterocycles. The molecule has 11 heteroatoms. The molecule has 0 spiro atoms. The van der Waals surface area contributed by atoms with Gasteiger partial charge < -0.3 is 0 Å². The molecule has 0 aliphatic rings. The van der Waals surface area contributed by atoms with Gasteiger partial charge in [0.1, 0.15) is 9.79 Å². The minimum absolute atomic E-state index is 0. The third kappa shape index (κ3) is 4.19. The van der Waals surface area contributed by atoms with Gasteiger partial charge in [-0.3, -0.25) is 9.11 Å². The molecule has 0 heterocycles. The molecule has 0 fully saturated rings. The summed E-state index contributed by atoms with van der Waals surface area (Å²) in [6, 6.07) is 1.69. The van der Waals surface area contributed by atoms with Crippen LogP contribution >= 0.6 is 23.2 Å². The van der Waals surface area contributed by atoms with E-state index < -0.39 is 35.0 Å². The molecule has 0 saturated heterocycles. The number of rotatable bonds is 2. The fourth-order valence-corrected chi connectivity index (χ4v) is 3.55. The van der Waals surface area contributed by atoms with Crippen molar-refractivity contribution in [2.24, 2.45) is 0 Å². The summed E-state index contributed by atoms with van der Waals surface area (Å²) in [5.74, 6) is 0. The van der Waals surface area contributed by atoms with Gasteiger partial charge in [-0.1, -0.05) is 23.2 Å². The van der Waals surface area contributed by atoms with Crippen LogP contribution in [0.1, 0.15) is 0 Å². The Kier molecular flexibility index (Phi) is 6.20. The molecule has 6 nitrogen and oxygen atoms in total. The molecule has 0 bridgehead atoms. The van der Waals surface area contributed by atoms with E-state index in [-0.39, 0.29) is 42.8 Å². The molecule has 0 radical (unpaired) electrons. The first-order chi connectivity index (χ1) is 7.05. The second kappa shape index (κ2) is 5.89. The molecule has 1 aromatic rings. The summed E-state index contributed by atoms with van der Waals surface area (Å²) in [6.07, 6.45) is 0. The quantitative estimate of drug-likeness (QED) is 0.597.